The molecule has 0 amide bonds. The molecule has 0 aliphatic carbocycles. The van der Waals surface area contributed by atoms with E-state index in [1.807, 2.05) is 12.1 Å². The monoisotopic (exact) mass is 289 g/mol. The summed E-state index contributed by atoms with van der Waals surface area (Å²) in [7, 11) is 0. The van der Waals surface area contributed by atoms with E-state index in [0.717, 1.165) is 12.0 Å². The topological polar surface area (TPSA) is 20.3 Å². The first-order chi connectivity index (χ1) is 9.95. The third-order valence-electron chi connectivity index (χ3n) is 4.00. The van der Waals surface area contributed by atoms with Crippen LogP contribution in [0.4, 0.5) is 0 Å². The van der Waals surface area contributed by atoms with E-state index >= 15 is 0 Å². The number of ketones is 1. The van der Waals surface area contributed by atoms with Gasteiger partial charge in [0.25, 0.3) is 0 Å². The molecular formula is C19H31NO. The molecule has 2 heteroatoms. The Kier molecular flexibility index (Phi) is 7.66. The summed E-state index contributed by atoms with van der Waals surface area (Å²) in [6.07, 6.45) is 4.87. The van der Waals surface area contributed by atoms with Crippen LogP contribution in [0.25, 0.3) is 0 Å². The molecule has 0 radical (unpaired) electrons. The van der Waals surface area contributed by atoms with Gasteiger partial charge in [0.2, 0.25) is 0 Å². The van der Waals surface area contributed by atoms with Crippen molar-refractivity contribution in [2.24, 2.45) is 0 Å². The molecule has 0 saturated heterocycles. The number of Topliss-reactive ketones (excluding diaryl/α,β-unsaturated/α-hetero) is 1. The number of hydrogen-bond acceptors (Lipinski definition) is 2. The average molecular weight is 289 g/mol. The van der Waals surface area contributed by atoms with Crippen LogP contribution in [0.15, 0.2) is 24.3 Å². The minimum Gasteiger partial charge on any atom is -0.293 e. The van der Waals surface area contributed by atoms with Crippen molar-refractivity contribution >= 4 is 5.78 Å². The molecule has 0 fully saturated rings. The molecule has 0 aromatic heterocycles. The van der Waals surface area contributed by atoms with E-state index in [4.69, 9.17) is 0 Å². The standard InChI is InChI=1S/C19H31NO/c1-6-7-8-9-17-10-12-18(13-11-17)19(21)14-20(15(2)3)16(4)5/h10-13,15-16H,6-9,14H2,1-5H3. The first-order valence-electron chi connectivity index (χ1n) is 8.33. The van der Waals surface area contributed by atoms with Crippen LogP contribution in [0.1, 0.15) is 69.8 Å². The third kappa shape index (κ3) is 6.01. The summed E-state index contributed by atoms with van der Waals surface area (Å²) in [5.41, 5.74) is 2.17. The van der Waals surface area contributed by atoms with Crippen LogP contribution in [0, 0.1) is 0 Å². The summed E-state index contributed by atoms with van der Waals surface area (Å²) in [6.45, 7) is 11.3. The fourth-order valence-electron chi connectivity index (χ4n) is 2.65. The summed E-state index contributed by atoms with van der Waals surface area (Å²) in [5, 5.41) is 0. The van der Waals surface area contributed by atoms with Crippen molar-refractivity contribution in [1.82, 2.24) is 4.90 Å². The normalized spacial score (nSPS) is 11.6. The lowest BCUT2D eigenvalue weighted by molar-refractivity contribution is 0.0866. The number of rotatable bonds is 9. The Hall–Kier alpha value is -1.15. The maximum Gasteiger partial charge on any atom is 0.176 e. The van der Waals surface area contributed by atoms with Gasteiger partial charge in [0.15, 0.2) is 5.78 Å². The predicted molar refractivity (Wildman–Crippen MR) is 91.0 cm³/mol. The Morgan fingerprint density at radius 3 is 2.05 bits per heavy atom. The molecule has 0 unspecified atom stereocenters. The lowest BCUT2D eigenvalue weighted by atomic mass is 10.0. The number of nitrogens with zero attached hydrogens (tertiary/aromatic N) is 1. The Morgan fingerprint density at radius 2 is 1.57 bits per heavy atom. The van der Waals surface area contributed by atoms with E-state index in [1.165, 1.54) is 24.8 Å². The van der Waals surface area contributed by atoms with E-state index in [-0.39, 0.29) is 5.78 Å². The fourth-order valence-corrected chi connectivity index (χ4v) is 2.65. The number of carbonyl (C=O) groups is 1. The van der Waals surface area contributed by atoms with Crippen LogP contribution in [-0.4, -0.2) is 29.3 Å². The minimum absolute atomic E-state index is 0.220. The molecule has 0 spiro atoms. The highest BCUT2D eigenvalue weighted by molar-refractivity contribution is 5.97. The molecule has 118 valence electrons. The number of benzene rings is 1. The molecular weight excluding hydrogens is 258 g/mol. The summed E-state index contributed by atoms with van der Waals surface area (Å²) in [4.78, 5) is 14.6. The second-order valence-corrected chi connectivity index (χ2v) is 6.44. The molecule has 2 nitrogen and oxygen atoms in total. The van der Waals surface area contributed by atoms with Gasteiger partial charge in [0, 0.05) is 17.6 Å². The van der Waals surface area contributed by atoms with E-state index in [0.29, 0.717) is 18.6 Å². The van der Waals surface area contributed by atoms with Crippen molar-refractivity contribution in [3.8, 4) is 0 Å². The summed E-state index contributed by atoms with van der Waals surface area (Å²) in [6, 6.07) is 8.98. The van der Waals surface area contributed by atoms with E-state index in [2.05, 4.69) is 51.7 Å². The van der Waals surface area contributed by atoms with Crippen molar-refractivity contribution in [1.29, 1.82) is 0 Å². The highest BCUT2D eigenvalue weighted by atomic mass is 16.1. The van der Waals surface area contributed by atoms with Crippen molar-refractivity contribution in [3.05, 3.63) is 35.4 Å². The Balaban J connectivity index is 2.62. The molecule has 0 aliphatic rings. The van der Waals surface area contributed by atoms with Crippen LogP contribution in [0.2, 0.25) is 0 Å². The SMILES string of the molecule is CCCCCc1ccc(C(=O)CN(C(C)C)C(C)C)cc1. The van der Waals surface area contributed by atoms with Crippen LogP contribution in [0.5, 0.6) is 0 Å². The molecule has 1 aromatic carbocycles. The van der Waals surface area contributed by atoms with Gasteiger partial charge in [-0.2, -0.15) is 0 Å². The lowest BCUT2D eigenvalue weighted by Gasteiger charge is -2.29. The molecule has 0 N–H and O–H groups in total. The molecule has 0 saturated carbocycles. The summed E-state index contributed by atoms with van der Waals surface area (Å²) < 4.78 is 0. The zero-order valence-corrected chi connectivity index (χ0v) is 14.4. The van der Waals surface area contributed by atoms with E-state index in [9.17, 15) is 4.79 Å². The molecule has 0 heterocycles. The number of aryl methyl sites for hydroxylation is 1. The van der Waals surface area contributed by atoms with Crippen LogP contribution >= 0.6 is 0 Å². The van der Waals surface area contributed by atoms with Crippen molar-refractivity contribution in [2.75, 3.05) is 6.54 Å². The van der Waals surface area contributed by atoms with Gasteiger partial charge in [-0.05, 0) is 46.1 Å². The summed E-state index contributed by atoms with van der Waals surface area (Å²) >= 11 is 0. The molecule has 1 aromatic rings. The first kappa shape index (κ1) is 17.9. The van der Waals surface area contributed by atoms with E-state index in [1.54, 1.807) is 0 Å². The average Bonchev–Trinajstić information content (AvgIpc) is 2.44. The number of carbonyl (C=O) groups excluding carboxylic acids is 1. The van der Waals surface area contributed by atoms with Crippen molar-refractivity contribution < 1.29 is 4.79 Å². The van der Waals surface area contributed by atoms with Gasteiger partial charge in [-0.3, -0.25) is 9.69 Å². The van der Waals surface area contributed by atoms with Gasteiger partial charge in [0.05, 0.1) is 6.54 Å². The van der Waals surface area contributed by atoms with Gasteiger partial charge < -0.3 is 0 Å². The zero-order valence-electron chi connectivity index (χ0n) is 14.4. The van der Waals surface area contributed by atoms with Crippen LogP contribution < -0.4 is 0 Å². The largest absolute Gasteiger partial charge is 0.293 e. The van der Waals surface area contributed by atoms with Crippen molar-refractivity contribution in [3.63, 3.8) is 0 Å². The Labute approximate surface area is 130 Å². The lowest BCUT2D eigenvalue weighted by Crippen LogP contribution is -2.40. The van der Waals surface area contributed by atoms with Gasteiger partial charge in [-0.15, -0.1) is 0 Å². The summed E-state index contributed by atoms with van der Waals surface area (Å²) in [5.74, 6) is 0.220. The highest BCUT2D eigenvalue weighted by Gasteiger charge is 2.17. The molecule has 1 rings (SSSR count). The van der Waals surface area contributed by atoms with Crippen LogP contribution in [-0.2, 0) is 6.42 Å². The molecule has 0 aliphatic heterocycles. The highest BCUT2D eigenvalue weighted by Crippen LogP contribution is 2.12. The minimum atomic E-state index is 0.220. The number of hydrogen-bond donors (Lipinski definition) is 0. The maximum atomic E-state index is 12.4. The van der Waals surface area contributed by atoms with Crippen LogP contribution in [0.3, 0.4) is 0 Å². The predicted octanol–water partition coefficient (Wildman–Crippen LogP) is 4.72. The first-order valence-corrected chi connectivity index (χ1v) is 8.33. The Bertz CT molecular complexity index is 412. The smallest absolute Gasteiger partial charge is 0.176 e. The quantitative estimate of drug-likeness (QED) is 0.484. The second kappa shape index (κ2) is 8.99. The van der Waals surface area contributed by atoms with Crippen molar-refractivity contribution in [2.45, 2.75) is 72.4 Å². The number of unbranched alkanes of at least 4 members (excludes halogenated alkanes) is 2. The van der Waals surface area contributed by atoms with E-state index < -0.39 is 0 Å². The second-order valence-electron chi connectivity index (χ2n) is 6.44. The fraction of sp³-hybridized carbons (Fsp3) is 0.632. The van der Waals surface area contributed by atoms with Gasteiger partial charge >= 0.3 is 0 Å². The maximum absolute atomic E-state index is 12.4. The third-order valence-corrected chi connectivity index (χ3v) is 4.00. The zero-order chi connectivity index (χ0) is 15.8. The molecule has 0 atom stereocenters. The van der Waals surface area contributed by atoms with Gasteiger partial charge in [-0.1, -0.05) is 44.0 Å². The Morgan fingerprint density at radius 1 is 1.00 bits per heavy atom. The van der Waals surface area contributed by atoms with Gasteiger partial charge in [-0.25, -0.2) is 0 Å². The molecule has 0 bridgehead atoms. The van der Waals surface area contributed by atoms with Gasteiger partial charge in [0.1, 0.15) is 0 Å². The molecule has 21 heavy (non-hydrogen) atoms.